The molecule has 0 spiro atoms. The van der Waals surface area contributed by atoms with Crippen LogP contribution in [-0.2, 0) is 17.9 Å². The average molecular weight is 419 g/mol. The summed E-state index contributed by atoms with van der Waals surface area (Å²) in [7, 11) is 0. The molecular weight excluding hydrogens is 398 g/mol. The molecule has 31 heavy (non-hydrogen) atoms. The lowest BCUT2D eigenvalue weighted by molar-refractivity contribution is -0.384. The first kappa shape index (κ1) is 21.5. The summed E-state index contributed by atoms with van der Waals surface area (Å²) in [5, 5.41) is 16.0. The van der Waals surface area contributed by atoms with Gasteiger partial charge in [0, 0.05) is 24.2 Å². The molecule has 3 aromatic rings. The number of non-ortho nitro benzene ring substituents is 1. The molecule has 0 radical (unpaired) electrons. The van der Waals surface area contributed by atoms with Crippen molar-refractivity contribution in [3.63, 3.8) is 0 Å². The van der Waals surface area contributed by atoms with E-state index in [2.05, 4.69) is 10.6 Å². The van der Waals surface area contributed by atoms with E-state index in [4.69, 9.17) is 4.74 Å². The van der Waals surface area contributed by atoms with Gasteiger partial charge in [-0.1, -0.05) is 48.5 Å². The van der Waals surface area contributed by atoms with E-state index in [1.807, 2.05) is 54.6 Å². The first-order valence-electron chi connectivity index (χ1n) is 9.56. The van der Waals surface area contributed by atoms with Crippen LogP contribution in [0.2, 0.25) is 0 Å². The molecule has 0 aliphatic carbocycles. The molecule has 0 bridgehead atoms. The van der Waals surface area contributed by atoms with Crippen molar-refractivity contribution < 1.29 is 19.2 Å². The van der Waals surface area contributed by atoms with Crippen LogP contribution in [0.1, 0.15) is 21.5 Å². The first-order valence-corrected chi connectivity index (χ1v) is 9.56. The van der Waals surface area contributed by atoms with E-state index >= 15 is 0 Å². The SMILES string of the molecule is O=C(CNC(=O)c1cccc([N+](=O)[O-])c1)NCc1cccc(OCc2ccccc2)c1. The molecule has 2 N–H and O–H groups in total. The van der Waals surface area contributed by atoms with Crippen LogP contribution in [0.3, 0.4) is 0 Å². The number of carbonyl (C=O) groups is 2. The molecule has 0 heterocycles. The summed E-state index contributed by atoms with van der Waals surface area (Å²) in [5.74, 6) is -0.251. The minimum Gasteiger partial charge on any atom is -0.489 e. The predicted molar refractivity (Wildman–Crippen MR) is 114 cm³/mol. The van der Waals surface area contributed by atoms with Crippen LogP contribution < -0.4 is 15.4 Å². The molecule has 0 atom stereocenters. The fraction of sp³-hybridized carbons (Fsp3) is 0.130. The molecule has 8 heteroatoms. The molecule has 0 saturated carbocycles. The van der Waals surface area contributed by atoms with Gasteiger partial charge in [-0.2, -0.15) is 0 Å². The lowest BCUT2D eigenvalue weighted by Gasteiger charge is -2.10. The quantitative estimate of drug-likeness (QED) is 0.409. The van der Waals surface area contributed by atoms with Gasteiger partial charge in [-0.3, -0.25) is 19.7 Å². The minimum absolute atomic E-state index is 0.116. The van der Waals surface area contributed by atoms with Crippen LogP contribution in [0.4, 0.5) is 5.69 Å². The van der Waals surface area contributed by atoms with E-state index in [1.54, 1.807) is 0 Å². The van der Waals surface area contributed by atoms with E-state index < -0.39 is 10.8 Å². The highest BCUT2D eigenvalue weighted by Crippen LogP contribution is 2.15. The van der Waals surface area contributed by atoms with E-state index in [9.17, 15) is 19.7 Å². The molecule has 0 saturated heterocycles. The first-order chi connectivity index (χ1) is 15.0. The Morgan fingerprint density at radius 1 is 0.871 bits per heavy atom. The van der Waals surface area contributed by atoms with E-state index in [0.29, 0.717) is 12.4 Å². The number of hydrogen-bond acceptors (Lipinski definition) is 5. The number of benzene rings is 3. The summed E-state index contributed by atoms with van der Waals surface area (Å²) in [6.07, 6.45) is 0. The second-order valence-electron chi connectivity index (χ2n) is 6.69. The van der Waals surface area contributed by atoms with Gasteiger partial charge in [0.1, 0.15) is 12.4 Å². The monoisotopic (exact) mass is 419 g/mol. The van der Waals surface area contributed by atoms with Gasteiger partial charge in [0.05, 0.1) is 11.5 Å². The summed E-state index contributed by atoms with van der Waals surface area (Å²) in [4.78, 5) is 34.4. The second kappa shape index (κ2) is 10.5. The highest BCUT2D eigenvalue weighted by atomic mass is 16.6. The highest BCUT2D eigenvalue weighted by Gasteiger charge is 2.12. The molecule has 3 rings (SSSR count). The Morgan fingerprint density at radius 2 is 1.61 bits per heavy atom. The number of nitro benzene ring substituents is 1. The molecule has 0 aliphatic heterocycles. The third-order valence-corrected chi connectivity index (χ3v) is 4.37. The van der Waals surface area contributed by atoms with Crippen molar-refractivity contribution in [2.75, 3.05) is 6.54 Å². The number of ether oxygens (including phenoxy) is 1. The Kier molecular flexibility index (Phi) is 7.31. The second-order valence-corrected chi connectivity index (χ2v) is 6.69. The van der Waals surface area contributed by atoms with Crippen LogP contribution in [0, 0.1) is 10.1 Å². The van der Waals surface area contributed by atoms with Crippen LogP contribution in [0.15, 0.2) is 78.9 Å². The maximum absolute atomic E-state index is 12.1. The van der Waals surface area contributed by atoms with Crippen molar-refractivity contribution in [3.8, 4) is 5.75 Å². The van der Waals surface area contributed by atoms with Gasteiger partial charge < -0.3 is 15.4 Å². The summed E-state index contributed by atoms with van der Waals surface area (Å²) in [5.41, 5.74) is 1.83. The Hall–Kier alpha value is -4.20. The van der Waals surface area contributed by atoms with Crippen LogP contribution in [-0.4, -0.2) is 23.3 Å². The molecule has 0 aromatic heterocycles. The van der Waals surface area contributed by atoms with Crippen LogP contribution in [0.5, 0.6) is 5.75 Å². The van der Waals surface area contributed by atoms with Crippen molar-refractivity contribution >= 4 is 17.5 Å². The average Bonchev–Trinajstić information content (AvgIpc) is 2.81. The Bertz CT molecular complexity index is 1070. The van der Waals surface area contributed by atoms with E-state index in [1.165, 1.54) is 18.2 Å². The number of carbonyl (C=O) groups excluding carboxylic acids is 2. The normalized spacial score (nSPS) is 10.2. The van der Waals surface area contributed by atoms with Crippen LogP contribution in [0.25, 0.3) is 0 Å². The number of nitrogens with one attached hydrogen (secondary N) is 2. The lowest BCUT2D eigenvalue weighted by atomic mass is 10.2. The van der Waals surface area contributed by atoms with E-state index in [-0.39, 0.29) is 30.2 Å². The number of nitro groups is 1. The van der Waals surface area contributed by atoms with Gasteiger partial charge in [0.15, 0.2) is 0 Å². The molecule has 0 fully saturated rings. The molecular formula is C23H21N3O5. The lowest BCUT2D eigenvalue weighted by Crippen LogP contribution is -2.36. The zero-order valence-corrected chi connectivity index (χ0v) is 16.6. The van der Waals surface area contributed by atoms with Gasteiger partial charge in [0.25, 0.3) is 11.6 Å². The van der Waals surface area contributed by atoms with Crippen LogP contribution >= 0.6 is 0 Å². The third kappa shape index (κ3) is 6.67. The van der Waals surface area contributed by atoms with Crippen molar-refractivity contribution in [2.45, 2.75) is 13.2 Å². The van der Waals surface area contributed by atoms with Gasteiger partial charge in [0.2, 0.25) is 5.91 Å². The molecule has 3 aromatic carbocycles. The maximum Gasteiger partial charge on any atom is 0.270 e. The third-order valence-electron chi connectivity index (χ3n) is 4.37. The molecule has 0 unspecified atom stereocenters. The van der Waals surface area contributed by atoms with Gasteiger partial charge in [-0.15, -0.1) is 0 Å². The summed E-state index contributed by atoms with van der Waals surface area (Å²) in [6, 6.07) is 22.5. The summed E-state index contributed by atoms with van der Waals surface area (Å²) >= 11 is 0. The fourth-order valence-electron chi connectivity index (χ4n) is 2.77. The van der Waals surface area contributed by atoms with E-state index in [0.717, 1.165) is 17.2 Å². The maximum atomic E-state index is 12.1. The Morgan fingerprint density at radius 3 is 2.39 bits per heavy atom. The molecule has 0 aliphatic rings. The number of nitrogens with zero attached hydrogens (tertiary/aromatic N) is 1. The number of hydrogen-bond donors (Lipinski definition) is 2. The van der Waals surface area contributed by atoms with Crippen molar-refractivity contribution in [1.29, 1.82) is 0 Å². The van der Waals surface area contributed by atoms with Crippen molar-refractivity contribution in [2.24, 2.45) is 0 Å². The van der Waals surface area contributed by atoms with Gasteiger partial charge >= 0.3 is 0 Å². The Labute approximate surface area is 179 Å². The molecule has 2 amide bonds. The largest absolute Gasteiger partial charge is 0.489 e. The smallest absolute Gasteiger partial charge is 0.270 e. The highest BCUT2D eigenvalue weighted by molar-refractivity contribution is 5.96. The van der Waals surface area contributed by atoms with Crippen molar-refractivity contribution in [3.05, 3.63) is 106 Å². The van der Waals surface area contributed by atoms with Gasteiger partial charge in [-0.25, -0.2) is 0 Å². The van der Waals surface area contributed by atoms with Crippen molar-refractivity contribution in [1.82, 2.24) is 10.6 Å². The standard InChI is InChI=1S/C23H21N3O5/c27-22(15-25-23(28)19-9-5-10-20(13-19)26(29)30)24-14-18-8-4-11-21(12-18)31-16-17-6-2-1-3-7-17/h1-13H,14-16H2,(H,24,27)(H,25,28). The minimum atomic E-state index is -0.582. The zero-order chi connectivity index (χ0) is 22.1. The molecule has 158 valence electrons. The van der Waals surface area contributed by atoms with Gasteiger partial charge in [-0.05, 0) is 29.3 Å². The zero-order valence-electron chi connectivity index (χ0n) is 16.6. The topological polar surface area (TPSA) is 111 Å². The fourth-order valence-corrected chi connectivity index (χ4v) is 2.77. The Balaban J connectivity index is 1.45. The number of rotatable bonds is 9. The summed E-state index contributed by atoms with van der Waals surface area (Å²) < 4.78 is 5.78. The predicted octanol–water partition coefficient (Wildman–Crippen LogP) is 3.22. The number of amides is 2. The summed E-state index contributed by atoms with van der Waals surface area (Å²) in [6.45, 7) is 0.472. The molecule has 8 nitrogen and oxygen atoms in total.